The number of nitrogens with one attached hydrogen (secondary N) is 1. The first-order valence-corrected chi connectivity index (χ1v) is 6.94. The second kappa shape index (κ2) is 7.72. The lowest BCUT2D eigenvalue weighted by atomic mass is 10.2. The molecule has 1 aromatic heterocycles. The molecule has 0 fully saturated rings. The van der Waals surface area contributed by atoms with Gasteiger partial charge < -0.3 is 9.84 Å². The van der Waals surface area contributed by atoms with Gasteiger partial charge in [0.2, 0.25) is 0 Å². The van der Waals surface area contributed by atoms with Crippen LogP contribution in [0.2, 0.25) is 0 Å². The molecular weight excluding hydrogens is 318 g/mol. The van der Waals surface area contributed by atoms with Crippen LogP contribution in [-0.4, -0.2) is 38.5 Å². The van der Waals surface area contributed by atoms with Gasteiger partial charge in [0, 0.05) is 0 Å². The highest BCUT2D eigenvalue weighted by Crippen LogP contribution is 2.26. The number of aromatic hydroxyl groups is 1. The number of aromatic nitrogens is 2. The van der Waals surface area contributed by atoms with Crippen LogP contribution in [0, 0.1) is 10.1 Å². The molecule has 1 amide bonds. The number of nitrogens with zero attached hydrogens (tertiary/aromatic N) is 4. The number of rotatable bonds is 7. The third-order valence-electron chi connectivity index (χ3n) is 2.82. The summed E-state index contributed by atoms with van der Waals surface area (Å²) in [6.07, 6.45) is 3.59. The highest BCUT2D eigenvalue weighted by Gasteiger charge is 2.10. The Kier molecular flexibility index (Phi) is 5.45. The molecule has 2 N–H and O–H groups in total. The molecular formula is C14H15N5O5. The lowest BCUT2D eigenvalue weighted by Crippen LogP contribution is -2.23. The maximum absolute atomic E-state index is 11.7. The lowest BCUT2D eigenvalue weighted by molar-refractivity contribution is -0.385. The van der Waals surface area contributed by atoms with Gasteiger partial charge in [-0.05, 0) is 30.7 Å². The van der Waals surface area contributed by atoms with E-state index in [0.717, 1.165) is 17.1 Å². The van der Waals surface area contributed by atoms with Crippen LogP contribution in [0.5, 0.6) is 11.5 Å². The van der Waals surface area contributed by atoms with Crippen molar-refractivity contribution in [1.29, 1.82) is 0 Å². The van der Waals surface area contributed by atoms with Gasteiger partial charge >= 0.3 is 5.69 Å². The van der Waals surface area contributed by atoms with Gasteiger partial charge in [-0.25, -0.2) is 5.43 Å². The molecule has 2 rings (SSSR count). The van der Waals surface area contributed by atoms with Crippen molar-refractivity contribution in [2.45, 2.75) is 13.5 Å². The van der Waals surface area contributed by atoms with Crippen molar-refractivity contribution < 1.29 is 19.6 Å². The van der Waals surface area contributed by atoms with E-state index >= 15 is 0 Å². The van der Waals surface area contributed by atoms with E-state index in [0.29, 0.717) is 17.9 Å². The number of hydrogen-bond donors (Lipinski definition) is 2. The SMILES string of the molecule is CCOc1cc(C=NNC(=O)Cn2cc([N+](=O)[O-])cn2)ccc1O. The number of carbonyl (C=O) groups excluding carboxylic acids is 1. The van der Waals surface area contributed by atoms with E-state index in [1.54, 1.807) is 19.1 Å². The second-order valence-corrected chi connectivity index (χ2v) is 4.61. The molecule has 0 aliphatic heterocycles. The Morgan fingerprint density at radius 3 is 3.04 bits per heavy atom. The van der Waals surface area contributed by atoms with Crippen LogP contribution in [0.4, 0.5) is 5.69 Å². The number of hydrogen-bond acceptors (Lipinski definition) is 7. The van der Waals surface area contributed by atoms with E-state index in [4.69, 9.17) is 4.74 Å². The van der Waals surface area contributed by atoms with Crippen LogP contribution in [0.25, 0.3) is 0 Å². The molecule has 126 valence electrons. The zero-order chi connectivity index (χ0) is 17.5. The summed E-state index contributed by atoms with van der Waals surface area (Å²) < 4.78 is 6.38. The molecule has 0 spiro atoms. The number of nitro groups is 1. The Labute approximate surface area is 136 Å². The summed E-state index contributed by atoms with van der Waals surface area (Å²) in [5, 5.41) is 27.6. The molecule has 0 aliphatic rings. The third kappa shape index (κ3) is 4.53. The highest BCUT2D eigenvalue weighted by molar-refractivity contribution is 5.83. The summed E-state index contributed by atoms with van der Waals surface area (Å²) in [6.45, 7) is 1.99. The summed E-state index contributed by atoms with van der Waals surface area (Å²) >= 11 is 0. The summed E-state index contributed by atoms with van der Waals surface area (Å²) in [6, 6.07) is 4.63. The quantitative estimate of drug-likeness (QED) is 0.442. The van der Waals surface area contributed by atoms with E-state index in [1.807, 2.05) is 0 Å². The first-order valence-electron chi connectivity index (χ1n) is 6.94. The van der Waals surface area contributed by atoms with Gasteiger partial charge in [0.1, 0.15) is 18.9 Å². The predicted octanol–water partition coefficient (Wildman–Crippen LogP) is 1.05. The minimum Gasteiger partial charge on any atom is -0.504 e. The summed E-state index contributed by atoms with van der Waals surface area (Å²) in [4.78, 5) is 21.6. The number of phenols is 1. The van der Waals surface area contributed by atoms with Crippen LogP contribution in [-0.2, 0) is 11.3 Å². The van der Waals surface area contributed by atoms with E-state index in [9.17, 15) is 20.0 Å². The third-order valence-corrected chi connectivity index (χ3v) is 2.82. The second-order valence-electron chi connectivity index (χ2n) is 4.61. The molecule has 10 heteroatoms. The van der Waals surface area contributed by atoms with Crippen molar-refractivity contribution in [3.63, 3.8) is 0 Å². The fourth-order valence-corrected chi connectivity index (χ4v) is 1.78. The fraction of sp³-hybridized carbons (Fsp3) is 0.214. The standard InChI is InChI=1S/C14H15N5O5/c1-2-24-13-5-10(3-4-12(13)20)6-15-17-14(21)9-18-8-11(7-16-18)19(22)23/h3-8,20H,2,9H2,1H3,(H,17,21). The molecule has 24 heavy (non-hydrogen) atoms. The molecule has 0 radical (unpaired) electrons. The number of ether oxygens (including phenoxy) is 1. The molecule has 10 nitrogen and oxygen atoms in total. The normalized spacial score (nSPS) is 10.7. The Balaban J connectivity index is 1.92. The summed E-state index contributed by atoms with van der Waals surface area (Å²) in [5.41, 5.74) is 2.70. The van der Waals surface area contributed by atoms with Crippen molar-refractivity contribution in [2.75, 3.05) is 6.61 Å². The number of benzene rings is 1. The van der Waals surface area contributed by atoms with Crippen LogP contribution in [0.15, 0.2) is 35.7 Å². The topological polar surface area (TPSA) is 132 Å². The average molecular weight is 333 g/mol. The Morgan fingerprint density at radius 2 is 2.38 bits per heavy atom. The Bertz CT molecular complexity index is 771. The van der Waals surface area contributed by atoms with Crippen LogP contribution >= 0.6 is 0 Å². The highest BCUT2D eigenvalue weighted by atomic mass is 16.6. The minimum atomic E-state index is -0.597. The van der Waals surface area contributed by atoms with Crippen molar-refractivity contribution in [2.24, 2.45) is 5.10 Å². The van der Waals surface area contributed by atoms with Crippen LogP contribution in [0.1, 0.15) is 12.5 Å². The molecule has 0 atom stereocenters. The zero-order valence-electron chi connectivity index (χ0n) is 12.7. The van der Waals surface area contributed by atoms with Gasteiger partial charge in [0.25, 0.3) is 5.91 Å². The van der Waals surface area contributed by atoms with Gasteiger partial charge in [-0.1, -0.05) is 0 Å². The summed E-state index contributed by atoms with van der Waals surface area (Å²) in [7, 11) is 0. The molecule has 0 saturated carbocycles. The van der Waals surface area contributed by atoms with E-state index in [1.165, 1.54) is 12.3 Å². The van der Waals surface area contributed by atoms with Crippen LogP contribution in [0.3, 0.4) is 0 Å². The van der Waals surface area contributed by atoms with Gasteiger partial charge in [-0.2, -0.15) is 10.2 Å². The summed E-state index contributed by atoms with van der Waals surface area (Å²) in [5.74, 6) is -0.164. The monoisotopic (exact) mass is 333 g/mol. The fourth-order valence-electron chi connectivity index (χ4n) is 1.78. The van der Waals surface area contributed by atoms with E-state index in [2.05, 4.69) is 15.6 Å². The number of hydrazone groups is 1. The smallest absolute Gasteiger partial charge is 0.307 e. The van der Waals surface area contributed by atoms with E-state index < -0.39 is 10.8 Å². The Morgan fingerprint density at radius 1 is 1.58 bits per heavy atom. The number of carbonyl (C=O) groups is 1. The number of amides is 1. The van der Waals surface area contributed by atoms with Crippen molar-refractivity contribution in [3.8, 4) is 11.5 Å². The van der Waals surface area contributed by atoms with Crippen molar-refractivity contribution in [1.82, 2.24) is 15.2 Å². The Hall–Kier alpha value is -3.43. The number of phenolic OH excluding ortho intramolecular Hbond substituents is 1. The molecule has 0 saturated heterocycles. The average Bonchev–Trinajstić information content (AvgIpc) is 2.99. The van der Waals surface area contributed by atoms with Crippen molar-refractivity contribution >= 4 is 17.8 Å². The minimum absolute atomic E-state index is 0.0123. The van der Waals surface area contributed by atoms with Gasteiger partial charge in [-0.3, -0.25) is 19.6 Å². The molecule has 0 unspecified atom stereocenters. The van der Waals surface area contributed by atoms with Gasteiger partial charge in [0.05, 0.1) is 17.7 Å². The first-order chi connectivity index (χ1) is 11.5. The van der Waals surface area contributed by atoms with Gasteiger partial charge in [0.15, 0.2) is 11.5 Å². The van der Waals surface area contributed by atoms with Crippen molar-refractivity contribution in [3.05, 3.63) is 46.3 Å². The molecule has 1 aromatic carbocycles. The molecule has 0 bridgehead atoms. The largest absolute Gasteiger partial charge is 0.504 e. The molecule has 1 heterocycles. The first kappa shape index (κ1) is 16.9. The lowest BCUT2D eigenvalue weighted by Gasteiger charge is -2.06. The predicted molar refractivity (Wildman–Crippen MR) is 83.9 cm³/mol. The maximum atomic E-state index is 11.7. The van der Waals surface area contributed by atoms with Gasteiger partial charge in [-0.15, -0.1) is 0 Å². The van der Waals surface area contributed by atoms with Crippen LogP contribution < -0.4 is 10.2 Å². The van der Waals surface area contributed by atoms with E-state index in [-0.39, 0.29) is 18.0 Å². The maximum Gasteiger partial charge on any atom is 0.307 e. The zero-order valence-corrected chi connectivity index (χ0v) is 12.7. The molecule has 0 aliphatic carbocycles. The molecule has 2 aromatic rings.